The molecule has 1 aromatic rings. The fourth-order valence-electron chi connectivity index (χ4n) is 3.68. The molecule has 0 aromatic heterocycles. The largest absolute Gasteiger partial charge is 0.379 e. The molecule has 1 aromatic carbocycles. The Morgan fingerprint density at radius 3 is 2.52 bits per heavy atom. The van der Waals surface area contributed by atoms with Crippen molar-refractivity contribution in [3.63, 3.8) is 0 Å². The zero-order chi connectivity index (χ0) is 19.8. The molecule has 7 nitrogen and oxygen atoms in total. The highest BCUT2D eigenvalue weighted by Crippen LogP contribution is 2.21. The lowest BCUT2D eigenvalue weighted by atomic mass is 10.1. The van der Waals surface area contributed by atoms with Crippen molar-refractivity contribution in [3.8, 4) is 0 Å². The molecule has 2 aliphatic heterocycles. The summed E-state index contributed by atoms with van der Waals surface area (Å²) in [6, 6.07) is 8.20. The highest BCUT2D eigenvalue weighted by Gasteiger charge is 2.21. The fourth-order valence-corrected chi connectivity index (χ4v) is 3.68. The van der Waals surface area contributed by atoms with Crippen LogP contribution >= 0.6 is 24.0 Å². The van der Waals surface area contributed by atoms with Crippen LogP contribution in [0.4, 0.5) is 5.69 Å². The third-order valence-electron chi connectivity index (χ3n) is 5.30. The number of carbonyl (C=O) groups excluding carboxylic acids is 1. The van der Waals surface area contributed by atoms with Crippen molar-refractivity contribution in [1.82, 2.24) is 15.5 Å². The first-order valence-corrected chi connectivity index (χ1v) is 10.3. The van der Waals surface area contributed by atoms with Gasteiger partial charge in [-0.15, -0.1) is 24.0 Å². The molecule has 162 valence electrons. The average molecular weight is 515 g/mol. The number of morpholine rings is 1. The lowest BCUT2D eigenvalue weighted by Crippen LogP contribution is -2.43. The molecular weight excluding hydrogens is 481 g/mol. The van der Waals surface area contributed by atoms with E-state index in [4.69, 9.17) is 4.74 Å². The Morgan fingerprint density at radius 2 is 1.90 bits per heavy atom. The predicted octanol–water partition coefficient (Wildman–Crippen LogP) is 2.06. The molecule has 2 fully saturated rings. The standard InChI is InChI=1S/C21H33N5O2.HI/c1-17(16-25-10-12-28-13-11-25)14-23-21(22-2)24-15-18-5-7-19(8-6-18)26-9-3-4-20(26)27;/h5-8,17H,3-4,9-16H2,1-2H3,(H2,22,23,24);1H. The van der Waals surface area contributed by atoms with E-state index >= 15 is 0 Å². The van der Waals surface area contributed by atoms with Gasteiger partial charge in [-0.1, -0.05) is 19.1 Å². The molecule has 0 radical (unpaired) electrons. The van der Waals surface area contributed by atoms with Crippen LogP contribution in [0.1, 0.15) is 25.3 Å². The van der Waals surface area contributed by atoms with Gasteiger partial charge < -0.3 is 20.3 Å². The third kappa shape index (κ3) is 7.42. The number of amides is 1. The number of anilines is 1. The smallest absolute Gasteiger partial charge is 0.227 e. The molecule has 2 saturated heterocycles. The number of halogens is 1. The Labute approximate surface area is 191 Å². The highest BCUT2D eigenvalue weighted by atomic mass is 127. The van der Waals surface area contributed by atoms with Crippen LogP contribution in [0.5, 0.6) is 0 Å². The average Bonchev–Trinajstić information content (AvgIpc) is 3.15. The summed E-state index contributed by atoms with van der Waals surface area (Å²) in [5, 5.41) is 6.79. The SMILES string of the molecule is CN=C(NCc1ccc(N2CCCC2=O)cc1)NCC(C)CN1CCOCC1.I. The molecule has 29 heavy (non-hydrogen) atoms. The summed E-state index contributed by atoms with van der Waals surface area (Å²) in [6.45, 7) is 9.47. The van der Waals surface area contributed by atoms with Crippen molar-refractivity contribution in [3.05, 3.63) is 29.8 Å². The minimum atomic E-state index is 0. The first kappa shape index (κ1) is 23.9. The molecule has 1 atom stereocenters. The molecule has 0 bridgehead atoms. The number of aliphatic imine (C=N–C) groups is 1. The van der Waals surface area contributed by atoms with E-state index in [1.807, 2.05) is 17.0 Å². The van der Waals surface area contributed by atoms with Crippen LogP contribution in [0.25, 0.3) is 0 Å². The molecule has 0 aliphatic carbocycles. The number of ether oxygens (including phenoxy) is 1. The molecule has 1 amide bonds. The van der Waals surface area contributed by atoms with Crippen LogP contribution in [0.2, 0.25) is 0 Å². The Morgan fingerprint density at radius 1 is 1.17 bits per heavy atom. The lowest BCUT2D eigenvalue weighted by Gasteiger charge is -2.29. The molecule has 2 heterocycles. The van der Waals surface area contributed by atoms with Crippen molar-refractivity contribution in [2.45, 2.75) is 26.3 Å². The van der Waals surface area contributed by atoms with E-state index in [9.17, 15) is 4.79 Å². The number of hydrogen-bond donors (Lipinski definition) is 2. The second-order valence-corrected chi connectivity index (χ2v) is 7.64. The first-order chi connectivity index (χ1) is 13.7. The third-order valence-corrected chi connectivity index (χ3v) is 5.30. The van der Waals surface area contributed by atoms with Gasteiger partial charge in [0.2, 0.25) is 5.91 Å². The Hall–Kier alpha value is -1.39. The lowest BCUT2D eigenvalue weighted by molar-refractivity contribution is -0.117. The zero-order valence-corrected chi connectivity index (χ0v) is 19.9. The normalized spacial score (nSPS) is 19.0. The number of benzene rings is 1. The van der Waals surface area contributed by atoms with Gasteiger partial charge in [-0.3, -0.25) is 14.7 Å². The first-order valence-electron chi connectivity index (χ1n) is 10.3. The van der Waals surface area contributed by atoms with Gasteiger partial charge in [0.05, 0.1) is 13.2 Å². The van der Waals surface area contributed by atoms with Crippen LogP contribution in [0.15, 0.2) is 29.3 Å². The summed E-state index contributed by atoms with van der Waals surface area (Å²) in [5.74, 6) is 1.57. The quantitative estimate of drug-likeness (QED) is 0.331. The summed E-state index contributed by atoms with van der Waals surface area (Å²) in [6.07, 6.45) is 1.61. The Balaban J connectivity index is 0.00000300. The van der Waals surface area contributed by atoms with E-state index in [0.717, 1.165) is 64.0 Å². The number of carbonyl (C=O) groups is 1. The van der Waals surface area contributed by atoms with Crippen LogP contribution < -0.4 is 15.5 Å². The molecule has 2 aliphatic rings. The number of guanidine groups is 1. The maximum absolute atomic E-state index is 11.8. The van der Waals surface area contributed by atoms with Crippen LogP contribution in [0.3, 0.4) is 0 Å². The van der Waals surface area contributed by atoms with Gasteiger partial charge in [0, 0.05) is 58.4 Å². The Kier molecular flexibility index (Phi) is 10.2. The molecule has 0 spiro atoms. The van der Waals surface area contributed by atoms with Gasteiger partial charge in [0.1, 0.15) is 0 Å². The van der Waals surface area contributed by atoms with Crippen molar-refractivity contribution >= 4 is 41.5 Å². The monoisotopic (exact) mass is 515 g/mol. The second-order valence-electron chi connectivity index (χ2n) is 7.64. The maximum Gasteiger partial charge on any atom is 0.227 e. The number of nitrogens with one attached hydrogen (secondary N) is 2. The van der Waals surface area contributed by atoms with Gasteiger partial charge in [-0.2, -0.15) is 0 Å². The van der Waals surface area contributed by atoms with Gasteiger partial charge in [0.15, 0.2) is 5.96 Å². The summed E-state index contributed by atoms with van der Waals surface area (Å²) >= 11 is 0. The van der Waals surface area contributed by atoms with E-state index in [2.05, 4.69) is 39.6 Å². The van der Waals surface area contributed by atoms with Crippen molar-refractivity contribution in [2.24, 2.45) is 10.9 Å². The summed E-state index contributed by atoms with van der Waals surface area (Å²) in [7, 11) is 1.80. The molecule has 8 heteroatoms. The molecular formula is C21H34IN5O2. The maximum atomic E-state index is 11.8. The minimum Gasteiger partial charge on any atom is -0.379 e. The topological polar surface area (TPSA) is 69.2 Å². The van der Waals surface area contributed by atoms with Crippen molar-refractivity contribution in [1.29, 1.82) is 0 Å². The van der Waals surface area contributed by atoms with Crippen LogP contribution in [0, 0.1) is 5.92 Å². The van der Waals surface area contributed by atoms with E-state index in [-0.39, 0.29) is 29.9 Å². The number of nitrogens with zero attached hydrogens (tertiary/aromatic N) is 3. The summed E-state index contributed by atoms with van der Waals surface area (Å²) in [4.78, 5) is 20.5. The second kappa shape index (κ2) is 12.3. The molecule has 0 saturated carbocycles. The van der Waals surface area contributed by atoms with Crippen LogP contribution in [-0.2, 0) is 16.1 Å². The van der Waals surface area contributed by atoms with Gasteiger partial charge in [-0.25, -0.2) is 0 Å². The van der Waals surface area contributed by atoms with E-state index in [0.29, 0.717) is 18.9 Å². The van der Waals surface area contributed by atoms with Gasteiger partial charge in [0.25, 0.3) is 0 Å². The van der Waals surface area contributed by atoms with E-state index in [1.165, 1.54) is 5.56 Å². The van der Waals surface area contributed by atoms with Gasteiger partial charge in [-0.05, 0) is 30.0 Å². The van der Waals surface area contributed by atoms with E-state index in [1.54, 1.807) is 7.05 Å². The van der Waals surface area contributed by atoms with Crippen molar-refractivity contribution in [2.75, 3.05) is 57.9 Å². The Bertz CT molecular complexity index is 662. The minimum absolute atomic E-state index is 0. The predicted molar refractivity (Wildman–Crippen MR) is 128 cm³/mol. The van der Waals surface area contributed by atoms with Gasteiger partial charge >= 0.3 is 0 Å². The number of hydrogen-bond acceptors (Lipinski definition) is 4. The zero-order valence-electron chi connectivity index (χ0n) is 17.5. The number of rotatable bonds is 7. The molecule has 1 unspecified atom stereocenters. The summed E-state index contributed by atoms with van der Waals surface area (Å²) < 4.78 is 5.41. The van der Waals surface area contributed by atoms with Crippen molar-refractivity contribution < 1.29 is 9.53 Å². The highest BCUT2D eigenvalue weighted by molar-refractivity contribution is 14.0. The summed E-state index contributed by atoms with van der Waals surface area (Å²) in [5.41, 5.74) is 2.16. The molecule has 3 rings (SSSR count). The molecule has 2 N–H and O–H groups in total. The van der Waals surface area contributed by atoms with Crippen LogP contribution in [-0.4, -0.2) is 69.8 Å². The fraction of sp³-hybridized carbons (Fsp3) is 0.619. The van der Waals surface area contributed by atoms with E-state index < -0.39 is 0 Å².